The van der Waals surface area contributed by atoms with Gasteiger partial charge in [-0.2, -0.15) is 4.98 Å². The van der Waals surface area contributed by atoms with Gasteiger partial charge in [0, 0.05) is 5.39 Å². The molecule has 0 atom stereocenters. The number of fused-ring (bicyclic) bond motifs is 1. The van der Waals surface area contributed by atoms with Crippen LogP contribution in [-0.4, -0.2) is 20.1 Å². The van der Waals surface area contributed by atoms with Gasteiger partial charge in [0.25, 0.3) is 5.56 Å². The van der Waals surface area contributed by atoms with Crippen LogP contribution < -0.4 is 5.56 Å². The number of pyridine rings is 1. The first-order chi connectivity index (χ1) is 10.1. The standard InChI is InChI=1S/C16H15N3O2/c1-9(2)13-15(20)18-14(19-16(13)21)12-8-7-10-5-3-4-6-11(10)17-12/h3-9H,1-2H3,(H2,18,19,20,21). The fourth-order valence-corrected chi connectivity index (χ4v) is 2.31. The average Bonchev–Trinajstić information content (AvgIpc) is 2.45. The van der Waals surface area contributed by atoms with Gasteiger partial charge < -0.3 is 10.1 Å². The number of rotatable bonds is 2. The van der Waals surface area contributed by atoms with E-state index in [1.165, 1.54) is 0 Å². The maximum absolute atomic E-state index is 12.1. The fourth-order valence-electron chi connectivity index (χ4n) is 2.31. The largest absolute Gasteiger partial charge is 0.493 e. The molecule has 3 rings (SSSR count). The Morgan fingerprint density at radius 2 is 1.86 bits per heavy atom. The van der Waals surface area contributed by atoms with E-state index in [2.05, 4.69) is 15.0 Å². The Labute approximate surface area is 121 Å². The lowest BCUT2D eigenvalue weighted by Gasteiger charge is -2.08. The van der Waals surface area contributed by atoms with E-state index >= 15 is 0 Å². The lowest BCUT2D eigenvalue weighted by atomic mass is 10.1. The Morgan fingerprint density at radius 3 is 2.57 bits per heavy atom. The van der Waals surface area contributed by atoms with E-state index in [0.29, 0.717) is 11.3 Å². The zero-order valence-corrected chi connectivity index (χ0v) is 11.8. The summed E-state index contributed by atoms with van der Waals surface area (Å²) in [6.07, 6.45) is 0. The van der Waals surface area contributed by atoms with Crippen LogP contribution in [0.5, 0.6) is 5.88 Å². The Balaban J connectivity index is 2.17. The minimum absolute atomic E-state index is 0.0973. The molecule has 5 nitrogen and oxygen atoms in total. The molecule has 0 saturated heterocycles. The smallest absolute Gasteiger partial charge is 0.258 e. The Morgan fingerprint density at radius 1 is 1.10 bits per heavy atom. The predicted molar refractivity (Wildman–Crippen MR) is 81.3 cm³/mol. The monoisotopic (exact) mass is 281 g/mol. The highest BCUT2D eigenvalue weighted by molar-refractivity contribution is 5.80. The van der Waals surface area contributed by atoms with Crippen LogP contribution in [0.4, 0.5) is 0 Å². The Bertz CT molecular complexity index is 869. The molecule has 0 amide bonds. The molecule has 2 N–H and O–H groups in total. The third kappa shape index (κ3) is 2.38. The number of hydrogen-bond acceptors (Lipinski definition) is 4. The minimum atomic E-state index is -0.331. The quantitative estimate of drug-likeness (QED) is 0.757. The number of benzene rings is 1. The molecule has 0 saturated carbocycles. The van der Waals surface area contributed by atoms with Crippen LogP contribution in [0.25, 0.3) is 22.4 Å². The van der Waals surface area contributed by atoms with Gasteiger partial charge in [-0.15, -0.1) is 0 Å². The van der Waals surface area contributed by atoms with Crippen LogP contribution in [0.3, 0.4) is 0 Å². The summed E-state index contributed by atoms with van der Waals surface area (Å²) in [6, 6.07) is 11.4. The van der Waals surface area contributed by atoms with Crippen LogP contribution in [0.15, 0.2) is 41.2 Å². The first kappa shape index (κ1) is 13.3. The molecule has 1 aromatic carbocycles. The van der Waals surface area contributed by atoms with Gasteiger partial charge in [-0.1, -0.05) is 38.1 Å². The third-order valence-electron chi connectivity index (χ3n) is 3.35. The molecule has 0 bridgehead atoms. The molecule has 21 heavy (non-hydrogen) atoms. The van der Waals surface area contributed by atoms with Crippen molar-refractivity contribution in [1.29, 1.82) is 0 Å². The second kappa shape index (κ2) is 5.01. The zero-order chi connectivity index (χ0) is 15.0. The van der Waals surface area contributed by atoms with Crippen molar-refractivity contribution >= 4 is 10.9 Å². The first-order valence-corrected chi connectivity index (χ1v) is 6.75. The number of hydrogen-bond donors (Lipinski definition) is 2. The lowest BCUT2D eigenvalue weighted by Crippen LogP contribution is -2.16. The number of aromatic hydroxyl groups is 1. The molecule has 0 unspecified atom stereocenters. The molecule has 0 radical (unpaired) electrons. The molecule has 0 fully saturated rings. The van der Waals surface area contributed by atoms with Gasteiger partial charge >= 0.3 is 0 Å². The summed E-state index contributed by atoms with van der Waals surface area (Å²) in [4.78, 5) is 23.3. The van der Waals surface area contributed by atoms with Gasteiger partial charge in [0.2, 0.25) is 5.88 Å². The summed E-state index contributed by atoms with van der Waals surface area (Å²) in [6.45, 7) is 3.67. The molecular formula is C16H15N3O2. The molecule has 106 valence electrons. The number of nitrogens with zero attached hydrogens (tertiary/aromatic N) is 2. The Kier molecular flexibility index (Phi) is 3.17. The maximum Gasteiger partial charge on any atom is 0.258 e. The zero-order valence-electron chi connectivity index (χ0n) is 11.8. The lowest BCUT2D eigenvalue weighted by molar-refractivity contribution is 0.440. The number of nitrogens with one attached hydrogen (secondary N) is 1. The second-order valence-corrected chi connectivity index (χ2v) is 5.20. The molecule has 3 aromatic rings. The van der Waals surface area contributed by atoms with Crippen LogP contribution in [-0.2, 0) is 0 Å². The summed E-state index contributed by atoms with van der Waals surface area (Å²) in [5, 5.41) is 11.0. The van der Waals surface area contributed by atoms with Crippen molar-refractivity contribution in [3.05, 3.63) is 52.3 Å². The molecule has 0 spiro atoms. The van der Waals surface area contributed by atoms with Crippen molar-refractivity contribution < 1.29 is 5.11 Å². The fraction of sp³-hybridized carbons (Fsp3) is 0.188. The molecule has 0 aliphatic carbocycles. The van der Waals surface area contributed by atoms with E-state index in [4.69, 9.17) is 0 Å². The number of aromatic amines is 1. The maximum atomic E-state index is 12.1. The minimum Gasteiger partial charge on any atom is -0.493 e. The van der Waals surface area contributed by atoms with Crippen molar-refractivity contribution in [1.82, 2.24) is 15.0 Å². The van der Waals surface area contributed by atoms with Crippen molar-refractivity contribution in [3.8, 4) is 17.4 Å². The van der Waals surface area contributed by atoms with E-state index < -0.39 is 0 Å². The highest BCUT2D eigenvalue weighted by Crippen LogP contribution is 2.22. The SMILES string of the molecule is CC(C)c1c(O)nc(-c2ccc3ccccc3n2)[nH]c1=O. The van der Waals surface area contributed by atoms with Crippen molar-refractivity contribution in [3.63, 3.8) is 0 Å². The van der Waals surface area contributed by atoms with Crippen LogP contribution in [0.2, 0.25) is 0 Å². The van der Waals surface area contributed by atoms with Gasteiger partial charge in [-0.25, -0.2) is 4.98 Å². The van der Waals surface area contributed by atoms with Crippen molar-refractivity contribution in [2.45, 2.75) is 19.8 Å². The van der Waals surface area contributed by atoms with Crippen LogP contribution >= 0.6 is 0 Å². The van der Waals surface area contributed by atoms with E-state index in [-0.39, 0.29) is 23.2 Å². The average molecular weight is 281 g/mol. The van der Waals surface area contributed by atoms with E-state index in [1.54, 1.807) is 6.07 Å². The predicted octanol–water partition coefficient (Wildman–Crippen LogP) is 2.81. The molecule has 2 aromatic heterocycles. The van der Waals surface area contributed by atoms with E-state index in [1.807, 2.05) is 44.2 Å². The van der Waals surface area contributed by atoms with Gasteiger partial charge in [-0.05, 0) is 18.1 Å². The molecule has 2 heterocycles. The van der Waals surface area contributed by atoms with Gasteiger partial charge in [0.1, 0.15) is 5.69 Å². The summed E-state index contributed by atoms with van der Waals surface area (Å²) in [5.74, 6) is -0.0637. The molecular weight excluding hydrogens is 266 g/mol. The van der Waals surface area contributed by atoms with E-state index in [0.717, 1.165) is 10.9 Å². The molecule has 5 heteroatoms. The topological polar surface area (TPSA) is 78.9 Å². The number of H-pyrrole nitrogens is 1. The van der Waals surface area contributed by atoms with Crippen molar-refractivity contribution in [2.24, 2.45) is 0 Å². The van der Waals surface area contributed by atoms with Crippen LogP contribution in [0, 0.1) is 0 Å². The first-order valence-electron chi connectivity index (χ1n) is 6.75. The van der Waals surface area contributed by atoms with Crippen molar-refractivity contribution in [2.75, 3.05) is 0 Å². The summed E-state index contributed by atoms with van der Waals surface area (Å²) in [5.41, 5.74) is 1.29. The molecule has 0 aliphatic heterocycles. The second-order valence-electron chi connectivity index (χ2n) is 5.20. The third-order valence-corrected chi connectivity index (χ3v) is 3.35. The van der Waals surface area contributed by atoms with Gasteiger partial charge in [0.05, 0.1) is 11.1 Å². The summed E-state index contributed by atoms with van der Waals surface area (Å²) < 4.78 is 0. The summed E-state index contributed by atoms with van der Waals surface area (Å²) in [7, 11) is 0. The highest BCUT2D eigenvalue weighted by atomic mass is 16.3. The number of para-hydroxylation sites is 1. The summed E-state index contributed by atoms with van der Waals surface area (Å²) >= 11 is 0. The number of aromatic nitrogens is 3. The molecule has 0 aliphatic rings. The van der Waals surface area contributed by atoms with Gasteiger partial charge in [-0.3, -0.25) is 4.79 Å². The normalized spacial score (nSPS) is 11.2. The highest BCUT2D eigenvalue weighted by Gasteiger charge is 2.15. The van der Waals surface area contributed by atoms with Crippen LogP contribution in [0.1, 0.15) is 25.3 Å². The Hall–Kier alpha value is -2.69. The van der Waals surface area contributed by atoms with Gasteiger partial charge in [0.15, 0.2) is 5.82 Å². The van der Waals surface area contributed by atoms with E-state index in [9.17, 15) is 9.90 Å².